The van der Waals surface area contributed by atoms with Crippen LogP contribution in [0.5, 0.6) is 5.75 Å². The van der Waals surface area contributed by atoms with Crippen LogP contribution in [-0.2, 0) is 25.5 Å². The topological polar surface area (TPSA) is 167 Å². The summed E-state index contributed by atoms with van der Waals surface area (Å²) in [6.07, 6.45) is 7.12. The van der Waals surface area contributed by atoms with E-state index in [1.165, 1.54) is 18.2 Å². The Kier molecular flexibility index (Phi) is 12.9. The minimum absolute atomic E-state index is 0.0675. The second kappa shape index (κ2) is 17.0. The predicted molar refractivity (Wildman–Crippen MR) is 185 cm³/mol. The second-order valence-electron chi connectivity index (χ2n) is 11.2. The summed E-state index contributed by atoms with van der Waals surface area (Å²) in [6, 6.07) is 11.5. The maximum absolute atomic E-state index is 13.5. The number of nitrogens with zero attached hydrogens (tertiary/aromatic N) is 1. The number of allylic oxidation sites excluding steroid dienone is 3. The zero-order chi connectivity index (χ0) is 33.1. The van der Waals surface area contributed by atoms with Crippen LogP contribution in [0.2, 0.25) is 0 Å². The van der Waals surface area contributed by atoms with E-state index in [1.54, 1.807) is 0 Å². The number of rotatable bonds is 15. The summed E-state index contributed by atoms with van der Waals surface area (Å²) >= 11 is 2.32. The Balaban J connectivity index is 1.44. The quantitative estimate of drug-likeness (QED) is 0.0688. The van der Waals surface area contributed by atoms with Gasteiger partial charge in [0, 0.05) is 22.5 Å². The van der Waals surface area contributed by atoms with Gasteiger partial charge in [-0.3, -0.25) is 9.79 Å². The first-order valence-corrected chi connectivity index (χ1v) is 16.6. The van der Waals surface area contributed by atoms with Gasteiger partial charge in [-0.2, -0.15) is 0 Å². The summed E-state index contributed by atoms with van der Waals surface area (Å²) in [4.78, 5) is 43.4. The molecule has 2 aromatic rings. The van der Waals surface area contributed by atoms with Gasteiger partial charge in [0.25, 0.3) is 0 Å². The van der Waals surface area contributed by atoms with Crippen molar-refractivity contribution >= 4 is 52.1 Å². The van der Waals surface area contributed by atoms with Crippen molar-refractivity contribution in [3.8, 4) is 5.75 Å². The molecule has 11 nitrogen and oxygen atoms in total. The predicted octanol–water partition coefficient (Wildman–Crippen LogP) is 4.33. The van der Waals surface area contributed by atoms with E-state index in [0.717, 1.165) is 45.3 Å². The standard InChI is InChI=1S/C34H42IN5O6/c1-3-18-45-22-15-13-21(14-16-22)19-29(32(42)44-2)39-31(41)28(12-7-17-38-33(36)37)40-34(43)46-20-26-24-9-5-4-8-23(24)25-10-6-11-27(35)30(25)26/h5-6,9-11,13-16,26,28-29H,3-4,7-8,12,17-20H2,1-2H3,(H,39,41)(H,40,43)(H4,36,37,38)/t26?,28-,29+/m1/s1. The lowest BCUT2D eigenvalue weighted by Crippen LogP contribution is -2.52. The fourth-order valence-corrected chi connectivity index (χ4v) is 6.56. The molecule has 0 aromatic heterocycles. The zero-order valence-corrected chi connectivity index (χ0v) is 28.4. The van der Waals surface area contributed by atoms with Gasteiger partial charge in [0.05, 0.1) is 13.7 Å². The highest BCUT2D eigenvalue weighted by Crippen LogP contribution is 2.48. The molecule has 0 aliphatic heterocycles. The molecule has 246 valence electrons. The van der Waals surface area contributed by atoms with Gasteiger partial charge in [0.2, 0.25) is 5.91 Å². The van der Waals surface area contributed by atoms with Crippen molar-refractivity contribution in [2.24, 2.45) is 16.5 Å². The number of carbonyl (C=O) groups is 3. The van der Waals surface area contributed by atoms with Gasteiger partial charge in [-0.1, -0.05) is 43.3 Å². The SMILES string of the molecule is CCCOc1ccc(C[C@H](NC(=O)[C@@H](CCCN=C(N)N)NC(=O)OCC2C3=C(CCC=C3)c3cccc(I)c32)C(=O)OC)cc1. The number of esters is 1. The zero-order valence-electron chi connectivity index (χ0n) is 26.2. The third kappa shape index (κ3) is 9.24. The highest BCUT2D eigenvalue weighted by molar-refractivity contribution is 14.1. The summed E-state index contributed by atoms with van der Waals surface area (Å²) in [7, 11) is 1.26. The summed E-state index contributed by atoms with van der Waals surface area (Å²) in [5.41, 5.74) is 16.5. The van der Waals surface area contributed by atoms with Crippen molar-refractivity contribution in [3.63, 3.8) is 0 Å². The van der Waals surface area contributed by atoms with Crippen LogP contribution in [0.15, 0.2) is 65.2 Å². The lowest BCUT2D eigenvalue weighted by molar-refractivity contribution is -0.145. The Morgan fingerprint density at radius 1 is 1.09 bits per heavy atom. The Labute approximate surface area is 283 Å². The van der Waals surface area contributed by atoms with Gasteiger partial charge >= 0.3 is 12.1 Å². The number of guanidine groups is 1. The lowest BCUT2D eigenvalue weighted by atomic mass is 9.93. The number of ether oxygens (including phenoxy) is 3. The third-order valence-electron chi connectivity index (χ3n) is 7.88. The monoisotopic (exact) mass is 743 g/mol. The lowest BCUT2D eigenvalue weighted by Gasteiger charge is -2.23. The van der Waals surface area contributed by atoms with Crippen molar-refractivity contribution in [3.05, 3.63) is 80.5 Å². The van der Waals surface area contributed by atoms with Gasteiger partial charge in [0.1, 0.15) is 24.4 Å². The first kappa shape index (κ1) is 34.8. The number of hydrogen-bond acceptors (Lipinski definition) is 7. The minimum atomic E-state index is -1.01. The molecule has 0 spiro atoms. The van der Waals surface area contributed by atoms with Gasteiger partial charge in [-0.05, 0) is 101 Å². The highest BCUT2D eigenvalue weighted by atomic mass is 127. The van der Waals surface area contributed by atoms with E-state index < -0.39 is 30.1 Å². The van der Waals surface area contributed by atoms with Gasteiger partial charge in [-0.15, -0.1) is 0 Å². The molecule has 2 aliphatic carbocycles. The Morgan fingerprint density at radius 2 is 1.87 bits per heavy atom. The molecule has 0 saturated carbocycles. The van der Waals surface area contributed by atoms with E-state index in [4.69, 9.17) is 25.7 Å². The molecule has 0 fully saturated rings. The summed E-state index contributed by atoms with van der Waals surface area (Å²) in [5.74, 6) is -0.615. The molecule has 0 radical (unpaired) electrons. The maximum atomic E-state index is 13.5. The number of aliphatic imine (C=N–C) groups is 1. The van der Waals surface area contributed by atoms with Gasteiger partial charge in [0.15, 0.2) is 5.96 Å². The third-order valence-corrected chi connectivity index (χ3v) is 8.82. The van der Waals surface area contributed by atoms with Crippen LogP contribution in [0.1, 0.15) is 61.6 Å². The van der Waals surface area contributed by atoms with Gasteiger partial charge < -0.3 is 36.3 Å². The van der Waals surface area contributed by atoms with E-state index in [-0.39, 0.29) is 37.9 Å². The largest absolute Gasteiger partial charge is 0.494 e. The number of nitrogens with two attached hydrogens (primary N) is 2. The molecular weight excluding hydrogens is 701 g/mol. The van der Waals surface area contributed by atoms with Crippen LogP contribution in [-0.4, -0.2) is 62.9 Å². The smallest absolute Gasteiger partial charge is 0.407 e. The van der Waals surface area contributed by atoms with Crippen molar-refractivity contribution in [1.82, 2.24) is 10.6 Å². The molecule has 0 heterocycles. The summed E-state index contributed by atoms with van der Waals surface area (Å²) < 4.78 is 17.5. The molecule has 4 rings (SSSR count). The van der Waals surface area contributed by atoms with Crippen LogP contribution in [0, 0.1) is 3.57 Å². The first-order chi connectivity index (χ1) is 22.2. The van der Waals surface area contributed by atoms with E-state index >= 15 is 0 Å². The molecule has 1 unspecified atom stereocenters. The van der Waals surface area contributed by atoms with Crippen molar-refractivity contribution in [1.29, 1.82) is 0 Å². The molecule has 12 heteroatoms. The molecule has 6 N–H and O–H groups in total. The van der Waals surface area contributed by atoms with Gasteiger partial charge in [-0.25, -0.2) is 9.59 Å². The van der Waals surface area contributed by atoms with E-state index in [0.29, 0.717) is 13.0 Å². The van der Waals surface area contributed by atoms with E-state index in [2.05, 4.69) is 62.5 Å². The molecule has 46 heavy (non-hydrogen) atoms. The summed E-state index contributed by atoms with van der Waals surface area (Å²) in [6.45, 7) is 3.00. The molecule has 2 aliphatic rings. The minimum Gasteiger partial charge on any atom is -0.494 e. The average molecular weight is 744 g/mol. The Bertz CT molecular complexity index is 1490. The normalized spacial score (nSPS) is 16.0. The number of halogens is 1. The molecule has 0 saturated heterocycles. The van der Waals surface area contributed by atoms with Crippen LogP contribution in [0.3, 0.4) is 0 Å². The molecule has 0 bridgehead atoms. The number of methoxy groups -OCH3 is 1. The number of alkyl carbamates (subject to hydrolysis) is 1. The van der Waals surface area contributed by atoms with Crippen LogP contribution < -0.4 is 26.8 Å². The van der Waals surface area contributed by atoms with E-state index in [9.17, 15) is 14.4 Å². The molecule has 2 aromatic carbocycles. The van der Waals surface area contributed by atoms with Crippen molar-refractivity contribution in [2.45, 2.75) is 63.5 Å². The Morgan fingerprint density at radius 3 is 2.59 bits per heavy atom. The van der Waals surface area contributed by atoms with Crippen LogP contribution in [0.25, 0.3) is 5.57 Å². The van der Waals surface area contributed by atoms with Crippen LogP contribution in [0.4, 0.5) is 4.79 Å². The molecule has 2 amide bonds. The Hall–Kier alpha value is -4.07. The number of nitrogens with one attached hydrogen (secondary N) is 2. The maximum Gasteiger partial charge on any atom is 0.407 e. The number of hydrogen-bond donors (Lipinski definition) is 4. The van der Waals surface area contributed by atoms with Crippen LogP contribution >= 0.6 is 22.6 Å². The fourth-order valence-electron chi connectivity index (χ4n) is 5.68. The highest BCUT2D eigenvalue weighted by Gasteiger charge is 2.34. The number of carbonyl (C=O) groups excluding carboxylic acids is 3. The summed E-state index contributed by atoms with van der Waals surface area (Å²) in [5, 5.41) is 5.46. The molecular formula is C34H42IN5O6. The second-order valence-corrected chi connectivity index (χ2v) is 12.3. The number of amides is 2. The first-order valence-electron chi connectivity index (χ1n) is 15.5. The van der Waals surface area contributed by atoms with Crippen molar-refractivity contribution in [2.75, 3.05) is 26.9 Å². The number of benzene rings is 2. The van der Waals surface area contributed by atoms with E-state index in [1.807, 2.05) is 37.3 Å². The van der Waals surface area contributed by atoms with Crippen molar-refractivity contribution < 1.29 is 28.6 Å². The number of fused-ring (bicyclic) bond motifs is 2. The fraction of sp³-hybridized carbons (Fsp3) is 0.412. The average Bonchev–Trinajstić information content (AvgIpc) is 3.38. The molecule has 3 atom stereocenters.